The van der Waals surface area contributed by atoms with Gasteiger partial charge in [0, 0.05) is 6.04 Å². The zero-order valence-corrected chi connectivity index (χ0v) is 11.9. The Morgan fingerprint density at radius 3 is 2.33 bits per heavy atom. The van der Waals surface area contributed by atoms with Gasteiger partial charge in [0.2, 0.25) is 0 Å². The van der Waals surface area contributed by atoms with Crippen LogP contribution in [-0.4, -0.2) is 6.54 Å². The molecule has 0 bridgehead atoms. The molecule has 100 valence electrons. The molecule has 0 radical (unpaired) electrons. The van der Waals surface area contributed by atoms with Crippen molar-refractivity contribution in [2.45, 2.75) is 46.6 Å². The lowest BCUT2D eigenvalue weighted by atomic mass is 9.92. The quantitative estimate of drug-likeness (QED) is 0.827. The second-order valence-corrected chi connectivity index (χ2v) is 5.76. The Hall–Kier alpha value is -0.890. The molecule has 2 heteroatoms. The highest BCUT2D eigenvalue weighted by Crippen LogP contribution is 2.48. The first-order valence-corrected chi connectivity index (χ1v) is 7.04. The highest BCUT2D eigenvalue weighted by molar-refractivity contribution is 5.38. The van der Waals surface area contributed by atoms with Gasteiger partial charge in [-0.25, -0.2) is 4.39 Å². The van der Waals surface area contributed by atoms with E-state index in [0.717, 1.165) is 35.9 Å². The van der Waals surface area contributed by atoms with Crippen molar-refractivity contribution >= 4 is 0 Å². The number of aryl methyl sites for hydroxylation is 2. The van der Waals surface area contributed by atoms with E-state index in [1.165, 1.54) is 12.0 Å². The maximum absolute atomic E-state index is 13.4. The molecule has 1 aliphatic carbocycles. The molecule has 0 heterocycles. The van der Waals surface area contributed by atoms with E-state index in [1.807, 2.05) is 13.8 Å². The predicted molar refractivity (Wildman–Crippen MR) is 74.2 cm³/mol. The van der Waals surface area contributed by atoms with Gasteiger partial charge in [-0.15, -0.1) is 0 Å². The molecule has 2 rings (SSSR count). The highest BCUT2D eigenvalue weighted by atomic mass is 19.1. The first-order chi connectivity index (χ1) is 8.54. The second kappa shape index (κ2) is 5.40. The van der Waals surface area contributed by atoms with Crippen LogP contribution in [0.4, 0.5) is 4.39 Å². The fourth-order valence-electron chi connectivity index (χ4n) is 3.00. The Bertz CT molecular complexity index is 404. The molecule has 18 heavy (non-hydrogen) atoms. The monoisotopic (exact) mass is 249 g/mol. The highest BCUT2D eigenvalue weighted by Gasteiger charge is 2.40. The van der Waals surface area contributed by atoms with Gasteiger partial charge in [-0.1, -0.05) is 13.8 Å². The molecular formula is C16H24FN. The topological polar surface area (TPSA) is 12.0 Å². The van der Waals surface area contributed by atoms with Crippen molar-refractivity contribution in [3.8, 4) is 0 Å². The lowest BCUT2D eigenvalue weighted by molar-refractivity contribution is 0.458. The largest absolute Gasteiger partial charge is 0.310 e. The summed E-state index contributed by atoms with van der Waals surface area (Å²) in [6, 6.07) is 3.73. The van der Waals surface area contributed by atoms with Crippen LogP contribution in [0.1, 0.15) is 49.4 Å². The fraction of sp³-hybridized carbons (Fsp3) is 0.625. The predicted octanol–water partition coefficient (Wildman–Crippen LogP) is 4.14. The fourth-order valence-corrected chi connectivity index (χ4v) is 3.00. The van der Waals surface area contributed by atoms with Crippen LogP contribution in [0.5, 0.6) is 0 Å². The third-order valence-corrected chi connectivity index (χ3v) is 4.08. The summed E-state index contributed by atoms with van der Waals surface area (Å²) >= 11 is 0. The van der Waals surface area contributed by atoms with E-state index in [2.05, 4.69) is 19.2 Å². The summed E-state index contributed by atoms with van der Waals surface area (Å²) in [6.45, 7) is 9.58. The van der Waals surface area contributed by atoms with Crippen LogP contribution in [0.25, 0.3) is 0 Å². The molecule has 1 aliphatic rings. The van der Waals surface area contributed by atoms with Crippen LogP contribution < -0.4 is 5.32 Å². The molecule has 1 saturated carbocycles. The van der Waals surface area contributed by atoms with Crippen molar-refractivity contribution < 1.29 is 4.39 Å². The third-order valence-electron chi connectivity index (χ3n) is 4.08. The molecular weight excluding hydrogens is 225 g/mol. The van der Waals surface area contributed by atoms with E-state index in [1.54, 1.807) is 12.1 Å². The van der Waals surface area contributed by atoms with Gasteiger partial charge < -0.3 is 5.32 Å². The summed E-state index contributed by atoms with van der Waals surface area (Å²) in [5, 5.41) is 3.66. The average molecular weight is 249 g/mol. The molecule has 1 aromatic rings. The molecule has 0 amide bonds. The van der Waals surface area contributed by atoms with E-state index in [0.29, 0.717) is 6.04 Å². The maximum Gasteiger partial charge on any atom is 0.123 e. The minimum Gasteiger partial charge on any atom is -0.310 e. The van der Waals surface area contributed by atoms with Crippen LogP contribution in [0, 0.1) is 31.5 Å². The Morgan fingerprint density at radius 1 is 1.33 bits per heavy atom. The molecule has 1 fully saturated rings. The van der Waals surface area contributed by atoms with Gasteiger partial charge in [-0.3, -0.25) is 0 Å². The van der Waals surface area contributed by atoms with Crippen molar-refractivity contribution in [1.29, 1.82) is 0 Å². The average Bonchev–Trinajstić information content (AvgIpc) is 2.99. The number of halogens is 1. The molecule has 1 aromatic carbocycles. The van der Waals surface area contributed by atoms with Gasteiger partial charge in [0.25, 0.3) is 0 Å². The van der Waals surface area contributed by atoms with E-state index in [4.69, 9.17) is 0 Å². The molecule has 0 aromatic heterocycles. The van der Waals surface area contributed by atoms with Gasteiger partial charge in [-0.05, 0) is 73.9 Å². The Morgan fingerprint density at radius 2 is 1.89 bits per heavy atom. The minimum absolute atomic E-state index is 0.119. The zero-order valence-electron chi connectivity index (χ0n) is 11.9. The first-order valence-electron chi connectivity index (χ1n) is 7.04. The number of hydrogen-bond donors (Lipinski definition) is 1. The van der Waals surface area contributed by atoms with Crippen molar-refractivity contribution in [3.05, 3.63) is 34.6 Å². The number of hydrogen-bond acceptors (Lipinski definition) is 1. The molecule has 3 unspecified atom stereocenters. The zero-order chi connectivity index (χ0) is 13.3. The van der Waals surface area contributed by atoms with E-state index in [-0.39, 0.29) is 5.82 Å². The smallest absolute Gasteiger partial charge is 0.123 e. The van der Waals surface area contributed by atoms with Gasteiger partial charge in [0.05, 0.1) is 0 Å². The first kappa shape index (κ1) is 13.5. The number of nitrogens with one attached hydrogen (secondary N) is 1. The summed E-state index contributed by atoms with van der Waals surface area (Å²) in [7, 11) is 0. The summed E-state index contributed by atoms with van der Waals surface area (Å²) in [5.41, 5.74) is 3.49. The maximum atomic E-state index is 13.4. The van der Waals surface area contributed by atoms with Gasteiger partial charge in [0.1, 0.15) is 5.82 Å². The SMILES string of the molecule is CCCNC(c1c(C)cc(F)cc1C)C1CC1C. The van der Waals surface area contributed by atoms with Crippen molar-refractivity contribution in [3.63, 3.8) is 0 Å². The minimum atomic E-state index is -0.119. The van der Waals surface area contributed by atoms with Gasteiger partial charge in [0.15, 0.2) is 0 Å². The Kier molecular flexibility index (Phi) is 4.06. The van der Waals surface area contributed by atoms with Crippen LogP contribution in [0.3, 0.4) is 0 Å². The summed E-state index contributed by atoms with van der Waals surface area (Å²) in [5.74, 6) is 1.40. The number of rotatable bonds is 5. The molecule has 0 saturated heterocycles. The standard InChI is InChI=1S/C16H24FN/c1-5-6-18-16(14-9-10(14)2)15-11(3)7-13(17)8-12(15)4/h7-8,10,14,16,18H,5-6,9H2,1-4H3. The normalized spacial score (nSPS) is 24.1. The van der Waals surface area contributed by atoms with E-state index in [9.17, 15) is 4.39 Å². The number of benzene rings is 1. The van der Waals surface area contributed by atoms with Crippen LogP contribution in [-0.2, 0) is 0 Å². The summed E-state index contributed by atoms with van der Waals surface area (Å²) in [6.07, 6.45) is 2.43. The lowest BCUT2D eigenvalue weighted by Crippen LogP contribution is -2.26. The lowest BCUT2D eigenvalue weighted by Gasteiger charge is -2.23. The molecule has 0 spiro atoms. The Labute approximate surface area is 110 Å². The van der Waals surface area contributed by atoms with Crippen LogP contribution in [0.2, 0.25) is 0 Å². The molecule has 1 N–H and O–H groups in total. The van der Waals surface area contributed by atoms with Gasteiger partial charge >= 0.3 is 0 Å². The van der Waals surface area contributed by atoms with Gasteiger partial charge in [-0.2, -0.15) is 0 Å². The third kappa shape index (κ3) is 2.74. The Balaban J connectivity index is 2.30. The summed E-state index contributed by atoms with van der Waals surface area (Å²) < 4.78 is 13.4. The van der Waals surface area contributed by atoms with Crippen LogP contribution in [0.15, 0.2) is 12.1 Å². The second-order valence-electron chi connectivity index (χ2n) is 5.76. The summed E-state index contributed by atoms with van der Waals surface area (Å²) in [4.78, 5) is 0. The van der Waals surface area contributed by atoms with Crippen molar-refractivity contribution in [2.75, 3.05) is 6.54 Å². The van der Waals surface area contributed by atoms with Crippen molar-refractivity contribution in [2.24, 2.45) is 11.8 Å². The van der Waals surface area contributed by atoms with E-state index < -0.39 is 0 Å². The van der Waals surface area contributed by atoms with E-state index >= 15 is 0 Å². The molecule has 3 atom stereocenters. The molecule has 0 aliphatic heterocycles. The van der Waals surface area contributed by atoms with Crippen LogP contribution >= 0.6 is 0 Å². The van der Waals surface area contributed by atoms with Crippen molar-refractivity contribution in [1.82, 2.24) is 5.32 Å². The molecule has 1 nitrogen and oxygen atoms in total.